The van der Waals surface area contributed by atoms with Gasteiger partial charge in [0.25, 0.3) is 0 Å². The van der Waals surface area contributed by atoms with Crippen LogP contribution >= 0.6 is 11.7 Å². The molecule has 0 unspecified atom stereocenters. The van der Waals surface area contributed by atoms with Gasteiger partial charge < -0.3 is 5.32 Å². The molecule has 3 aromatic heterocycles. The number of rotatable bonds is 5. The number of amides is 1. The zero-order chi connectivity index (χ0) is 22.1. The highest BCUT2D eigenvalue weighted by atomic mass is 32.1. The summed E-state index contributed by atoms with van der Waals surface area (Å²) in [5.41, 5.74) is 5.99. The fraction of sp³-hybridized carbons (Fsp3) is 0.0870. The molecule has 1 amide bonds. The Labute approximate surface area is 186 Å². The molecular formula is C23H17FN6OS. The summed E-state index contributed by atoms with van der Waals surface area (Å²) in [6.45, 7) is 1.88. The van der Waals surface area contributed by atoms with Gasteiger partial charge in [0.15, 0.2) is 0 Å². The molecule has 0 aliphatic rings. The molecule has 0 saturated carbocycles. The zero-order valence-corrected chi connectivity index (χ0v) is 17.8. The molecule has 3 heterocycles. The fourth-order valence-corrected chi connectivity index (χ4v) is 3.96. The lowest BCUT2D eigenvalue weighted by molar-refractivity contribution is -0.116. The van der Waals surface area contributed by atoms with Gasteiger partial charge in [0, 0.05) is 23.1 Å². The predicted molar refractivity (Wildman–Crippen MR) is 122 cm³/mol. The number of fused-ring (bicyclic) bond motifs is 1. The normalized spacial score (nSPS) is 11.1. The Morgan fingerprint density at radius 2 is 1.91 bits per heavy atom. The van der Waals surface area contributed by atoms with Gasteiger partial charge >= 0.3 is 0 Å². The summed E-state index contributed by atoms with van der Waals surface area (Å²) < 4.78 is 23.6. The van der Waals surface area contributed by atoms with Crippen LogP contribution in [0.2, 0.25) is 0 Å². The molecular weight excluding hydrogens is 427 g/mol. The quantitative estimate of drug-likeness (QED) is 0.425. The summed E-state index contributed by atoms with van der Waals surface area (Å²) in [7, 11) is 0. The van der Waals surface area contributed by atoms with Crippen molar-refractivity contribution in [2.24, 2.45) is 0 Å². The van der Waals surface area contributed by atoms with E-state index in [1.807, 2.05) is 49.5 Å². The van der Waals surface area contributed by atoms with Crippen molar-refractivity contribution in [3.63, 3.8) is 0 Å². The molecule has 0 aliphatic heterocycles. The maximum absolute atomic E-state index is 13.4. The monoisotopic (exact) mass is 444 g/mol. The Balaban J connectivity index is 1.51. The third-order valence-corrected chi connectivity index (χ3v) is 5.43. The number of aryl methyl sites for hydroxylation is 1. The number of aromatic nitrogens is 5. The van der Waals surface area contributed by atoms with E-state index in [1.165, 1.54) is 12.1 Å². The second-order valence-electron chi connectivity index (χ2n) is 7.28. The van der Waals surface area contributed by atoms with Crippen molar-refractivity contribution in [3.05, 3.63) is 78.4 Å². The largest absolute Gasteiger partial charge is 0.324 e. The highest BCUT2D eigenvalue weighted by molar-refractivity contribution is 7.00. The van der Waals surface area contributed by atoms with Crippen molar-refractivity contribution in [1.82, 2.24) is 23.5 Å². The average molecular weight is 444 g/mol. The van der Waals surface area contributed by atoms with Crippen molar-refractivity contribution in [2.45, 2.75) is 13.5 Å². The van der Waals surface area contributed by atoms with Crippen LogP contribution in [-0.4, -0.2) is 29.4 Å². The minimum absolute atomic E-state index is 0.0319. The number of halogens is 1. The van der Waals surface area contributed by atoms with E-state index in [-0.39, 0.29) is 12.5 Å². The molecule has 9 heteroatoms. The minimum atomic E-state index is -0.413. The van der Waals surface area contributed by atoms with E-state index in [4.69, 9.17) is 0 Å². The molecule has 0 saturated heterocycles. The second-order valence-corrected chi connectivity index (χ2v) is 7.81. The molecule has 158 valence electrons. The van der Waals surface area contributed by atoms with Crippen molar-refractivity contribution >= 4 is 34.4 Å². The molecule has 0 bridgehead atoms. The van der Waals surface area contributed by atoms with Gasteiger partial charge in [-0.1, -0.05) is 18.2 Å². The third-order valence-electron chi connectivity index (χ3n) is 4.87. The second kappa shape index (κ2) is 8.27. The lowest BCUT2D eigenvalue weighted by Gasteiger charge is -2.05. The molecule has 2 aromatic carbocycles. The van der Waals surface area contributed by atoms with Crippen molar-refractivity contribution < 1.29 is 9.18 Å². The SMILES string of the molecule is Cc1cccc(-c2nn(CC(=O)Nc3cccc(F)c3)cc2-c2ccc3nsnc3c2)n1. The number of benzene rings is 2. The summed E-state index contributed by atoms with van der Waals surface area (Å²) in [5, 5.41) is 7.35. The highest BCUT2D eigenvalue weighted by Crippen LogP contribution is 2.32. The predicted octanol–water partition coefficient (Wildman–Crippen LogP) is 4.70. The average Bonchev–Trinajstić information content (AvgIpc) is 3.40. The first-order valence-electron chi connectivity index (χ1n) is 9.85. The van der Waals surface area contributed by atoms with Crippen molar-refractivity contribution in [3.8, 4) is 22.5 Å². The van der Waals surface area contributed by atoms with Crippen LogP contribution in [0.4, 0.5) is 10.1 Å². The Hall–Kier alpha value is -3.98. The summed E-state index contributed by atoms with van der Waals surface area (Å²) in [6, 6.07) is 17.3. The summed E-state index contributed by atoms with van der Waals surface area (Å²) >= 11 is 1.16. The number of nitrogens with one attached hydrogen (secondary N) is 1. The maximum atomic E-state index is 13.4. The molecule has 5 aromatic rings. The van der Waals surface area contributed by atoms with Gasteiger partial charge in [-0.05, 0) is 55.0 Å². The molecule has 0 aliphatic carbocycles. The number of anilines is 1. The lowest BCUT2D eigenvalue weighted by Crippen LogP contribution is -2.19. The number of hydrogen-bond acceptors (Lipinski definition) is 6. The van der Waals surface area contributed by atoms with Crippen molar-refractivity contribution in [1.29, 1.82) is 0 Å². The number of nitrogens with zero attached hydrogens (tertiary/aromatic N) is 5. The number of carbonyl (C=O) groups excluding carboxylic acids is 1. The van der Waals surface area contributed by atoms with Crippen LogP contribution in [0.25, 0.3) is 33.5 Å². The van der Waals surface area contributed by atoms with Gasteiger partial charge in [0.05, 0.1) is 17.4 Å². The molecule has 0 spiro atoms. The maximum Gasteiger partial charge on any atom is 0.246 e. The molecule has 1 N–H and O–H groups in total. The van der Waals surface area contributed by atoms with Gasteiger partial charge in [0.1, 0.15) is 29.1 Å². The zero-order valence-electron chi connectivity index (χ0n) is 17.0. The van der Waals surface area contributed by atoms with Crippen LogP contribution in [0.5, 0.6) is 0 Å². The molecule has 0 fully saturated rings. The van der Waals surface area contributed by atoms with Crippen LogP contribution in [0.3, 0.4) is 0 Å². The van der Waals surface area contributed by atoms with Gasteiger partial charge in [-0.25, -0.2) is 4.39 Å². The van der Waals surface area contributed by atoms with Crippen LogP contribution in [0, 0.1) is 12.7 Å². The van der Waals surface area contributed by atoms with Gasteiger partial charge in [-0.15, -0.1) is 0 Å². The smallest absolute Gasteiger partial charge is 0.246 e. The summed E-state index contributed by atoms with van der Waals surface area (Å²) in [5.74, 6) is -0.725. The molecule has 32 heavy (non-hydrogen) atoms. The fourth-order valence-electron chi connectivity index (χ4n) is 3.44. The summed E-state index contributed by atoms with van der Waals surface area (Å²) in [6.07, 6.45) is 1.81. The molecule has 0 radical (unpaired) electrons. The van der Waals surface area contributed by atoms with E-state index in [0.717, 1.165) is 39.6 Å². The van der Waals surface area contributed by atoms with Crippen molar-refractivity contribution in [2.75, 3.05) is 5.32 Å². The first-order valence-corrected chi connectivity index (χ1v) is 10.6. The number of carbonyl (C=O) groups is 1. The number of pyridine rings is 1. The Kier molecular flexibility index (Phi) is 5.16. The van der Waals surface area contributed by atoms with E-state index in [0.29, 0.717) is 17.1 Å². The third kappa shape index (κ3) is 4.10. The topological polar surface area (TPSA) is 85.6 Å². The van der Waals surface area contributed by atoms with E-state index < -0.39 is 5.82 Å². The Bertz CT molecular complexity index is 1440. The number of hydrogen-bond donors (Lipinski definition) is 1. The standard InChI is InChI=1S/C23H17FN6OS/c1-14-4-2-7-20(25-14)23-18(15-8-9-19-21(10-15)29-32-28-19)12-30(27-23)13-22(31)26-17-6-3-5-16(24)11-17/h2-12H,13H2,1H3,(H,26,31). The highest BCUT2D eigenvalue weighted by Gasteiger charge is 2.17. The molecule has 5 rings (SSSR count). The lowest BCUT2D eigenvalue weighted by atomic mass is 10.0. The van der Waals surface area contributed by atoms with E-state index in [1.54, 1.807) is 16.8 Å². The molecule has 7 nitrogen and oxygen atoms in total. The van der Waals surface area contributed by atoms with Crippen LogP contribution < -0.4 is 5.32 Å². The Morgan fingerprint density at radius 1 is 1.06 bits per heavy atom. The first kappa shape index (κ1) is 20.0. The van der Waals surface area contributed by atoms with Gasteiger partial charge in [-0.2, -0.15) is 13.8 Å². The van der Waals surface area contributed by atoms with Crippen LogP contribution in [-0.2, 0) is 11.3 Å². The van der Waals surface area contributed by atoms with Crippen LogP contribution in [0.1, 0.15) is 5.69 Å². The van der Waals surface area contributed by atoms with Crippen LogP contribution in [0.15, 0.2) is 66.9 Å². The van der Waals surface area contributed by atoms with Gasteiger partial charge in [-0.3, -0.25) is 14.5 Å². The van der Waals surface area contributed by atoms with E-state index in [9.17, 15) is 9.18 Å². The molecule has 0 atom stereocenters. The minimum Gasteiger partial charge on any atom is -0.324 e. The van der Waals surface area contributed by atoms with E-state index in [2.05, 4.69) is 24.1 Å². The first-order chi connectivity index (χ1) is 15.5. The summed E-state index contributed by atoms with van der Waals surface area (Å²) in [4.78, 5) is 17.2. The van der Waals surface area contributed by atoms with E-state index >= 15 is 0 Å². The Morgan fingerprint density at radius 3 is 2.75 bits per heavy atom. The van der Waals surface area contributed by atoms with Gasteiger partial charge in [0.2, 0.25) is 5.91 Å².